The van der Waals surface area contributed by atoms with E-state index in [0.29, 0.717) is 48.9 Å². The molecule has 2 fully saturated rings. The van der Waals surface area contributed by atoms with Crippen LogP contribution in [0.4, 0.5) is 5.69 Å². The number of benzene rings is 1. The van der Waals surface area contributed by atoms with Gasteiger partial charge in [-0.15, -0.1) is 0 Å². The number of nitrogens with zero attached hydrogens (tertiary/aromatic N) is 2. The summed E-state index contributed by atoms with van der Waals surface area (Å²) in [5, 5.41) is 2.97. The predicted octanol–water partition coefficient (Wildman–Crippen LogP) is 3.50. The van der Waals surface area contributed by atoms with Gasteiger partial charge in [-0.1, -0.05) is 26.8 Å². The first-order valence-electron chi connectivity index (χ1n) is 11.8. The van der Waals surface area contributed by atoms with Crippen LogP contribution in [-0.2, 0) is 14.8 Å². The molecule has 0 spiro atoms. The van der Waals surface area contributed by atoms with Gasteiger partial charge >= 0.3 is 0 Å². The molecule has 2 saturated heterocycles. The number of nitrogens with one attached hydrogen (secondary N) is 1. The highest BCUT2D eigenvalue weighted by atomic mass is 32.2. The van der Waals surface area contributed by atoms with Crippen LogP contribution in [0.3, 0.4) is 0 Å². The molecule has 2 aliphatic rings. The predicted molar refractivity (Wildman–Crippen MR) is 127 cm³/mol. The van der Waals surface area contributed by atoms with Gasteiger partial charge in [-0.2, -0.15) is 0 Å². The van der Waals surface area contributed by atoms with E-state index in [9.17, 15) is 18.0 Å². The van der Waals surface area contributed by atoms with Gasteiger partial charge in [0, 0.05) is 37.4 Å². The van der Waals surface area contributed by atoms with Crippen LogP contribution in [0.15, 0.2) is 18.2 Å². The Bertz CT molecular complexity index is 937. The van der Waals surface area contributed by atoms with Crippen molar-refractivity contribution in [3.05, 3.63) is 29.3 Å². The molecule has 0 aromatic heterocycles. The Morgan fingerprint density at radius 1 is 1.12 bits per heavy atom. The topological polar surface area (TPSA) is 86.8 Å². The molecule has 3 unspecified atom stereocenters. The number of carbonyl (C=O) groups is 2. The molecule has 0 radical (unpaired) electrons. The van der Waals surface area contributed by atoms with Gasteiger partial charge in [0.1, 0.15) is 0 Å². The normalized spacial score (nSPS) is 24.9. The third-order valence-electron chi connectivity index (χ3n) is 6.51. The fourth-order valence-electron chi connectivity index (χ4n) is 4.93. The maximum Gasteiger partial charge on any atom is 0.253 e. The highest BCUT2D eigenvalue weighted by molar-refractivity contribution is 7.89. The van der Waals surface area contributed by atoms with Gasteiger partial charge in [0.25, 0.3) is 5.91 Å². The van der Waals surface area contributed by atoms with Crippen molar-refractivity contribution in [2.24, 2.45) is 17.8 Å². The summed E-state index contributed by atoms with van der Waals surface area (Å²) in [7, 11) is -3.32. The van der Waals surface area contributed by atoms with E-state index in [1.165, 1.54) is 4.31 Å². The summed E-state index contributed by atoms with van der Waals surface area (Å²) in [6, 6.07) is 5.43. The van der Waals surface area contributed by atoms with Gasteiger partial charge in [0.15, 0.2) is 0 Å². The number of likely N-dealkylation sites (tertiary alicyclic amines) is 1. The molecule has 1 aromatic rings. The molecule has 7 nitrogen and oxygen atoms in total. The molecule has 2 heterocycles. The van der Waals surface area contributed by atoms with Gasteiger partial charge in [0.2, 0.25) is 15.9 Å². The molecule has 0 saturated carbocycles. The van der Waals surface area contributed by atoms with Crippen molar-refractivity contribution in [3.63, 3.8) is 0 Å². The zero-order valence-electron chi connectivity index (χ0n) is 19.8. The maximum atomic E-state index is 13.1. The van der Waals surface area contributed by atoms with Crippen LogP contribution >= 0.6 is 0 Å². The maximum absolute atomic E-state index is 13.1. The first kappa shape index (κ1) is 24.7. The molecule has 0 bridgehead atoms. The van der Waals surface area contributed by atoms with Crippen LogP contribution in [0.2, 0.25) is 0 Å². The lowest BCUT2D eigenvalue weighted by Gasteiger charge is -2.35. The number of sulfonamides is 1. The van der Waals surface area contributed by atoms with E-state index in [4.69, 9.17) is 0 Å². The number of rotatable bonds is 6. The summed E-state index contributed by atoms with van der Waals surface area (Å²) in [6.45, 7) is 10.3. The van der Waals surface area contributed by atoms with Crippen LogP contribution < -0.4 is 5.32 Å². The number of amides is 2. The average Bonchev–Trinajstić information content (AvgIpc) is 2.74. The van der Waals surface area contributed by atoms with Gasteiger partial charge in [-0.05, 0) is 62.1 Å². The molecule has 0 aliphatic carbocycles. The van der Waals surface area contributed by atoms with Crippen molar-refractivity contribution in [2.75, 3.05) is 37.2 Å². The van der Waals surface area contributed by atoms with E-state index < -0.39 is 15.9 Å². The van der Waals surface area contributed by atoms with E-state index in [0.717, 1.165) is 25.1 Å². The molecule has 178 valence electrons. The molecule has 1 aromatic carbocycles. The summed E-state index contributed by atoms with van der Waals surface area (Å²) in [5.41, 5.74) is 2.07. The van der Waals surface area contributed by atoms with Crippen molar-refractivity contribution in [1.29, 1.82) is 0 Å². The van der Waals surface area contributed by atoms with Gasteiger partial charge in [0.05, 0.1) is 11.7 Å². The number of hydrogen-bond acceptors (Lipinski definition) is 4. The number of carbonyl (C=O) groups excluding carboxylic acids is 2. The fourth-order valence-corrected chi connectivity index (χ4v) is 6.52. The monoisotopic (exact) mass is 463 g/mol. The number of hydrogen-bond donors (Lipinski definition) is 1. The molecule has 3 rings (SSSR count). The van der Waals surface area contributed by atoms with E-state index in [1.54, 1.807) is 6.07 Å². The van der Waals surface area contributed by atoms with Gasteiger partial charge in [-0.3, -0.25) is 9.59 Å². The van der Waals surface area contributed by atoms with Crippen LogP contribution in [-0.4, -0.2) is 61.4 Å². The molecule has 3 atom stereocenters. The van der Waals surface area contributed by atoms with Crippen LogP contribution in [0.25, 0.3) is 0 Å². The Hall–Kier alpha value is -1.93. The zero-order chi connectivity index (χ0) is 23.5. The third kappa shape index (κ3) is 5.90. The van der Waals surface area contributed by atoms with Crippen LogP contribution in [0.1, 0.15) is 62.4 Å². The van der Waals surface area contributed by atoms with E-state index in [-0.39, 0.29) is 24.1 Å². The van der Waals surface area contributed by atoms with E-state index >= 15 is 0 Å². The summed E-state index contributed by atoms with van der Waals surface area (Å²) in [6.07, 6.45) is 3.02. The molecule has 32 heavy (non-hydrogen) atoms. The van der Waals surface area contributed by atoms with E-state index in [2.05, 4.69) is 19.2 Å². The second-order valence-corrected chi connectivity index (χ2v) is 11.8. The lowest BCUT2D eigenvalue weighted by atomic mass is 9.91. The average molecular weight is 464 g/mol. The minimum absolute atomic E-state index is 0.00611. The first-order chi connectivity index (χ1) is 15.1. The Morgan fingerprint density at radius 2 is 1.81 bits per heavy atom. The minimum Gasteiger partial charge on any atom is -0.338 e. The van der Waals surface area contributed by atoms with Crippen molar-refractivity contribution in [3.8, 4) is 0 Å². The highest BCUT2D eigenvalue weighted by Gasteiger charge is 2.32. The largest absolute Gasteiger partial charge is 0.338 e. The van der Waals surface area contributed by atoms with E-state index in [1.807, 2.05) is 30.9 Å². The highest BCUT2D eigenvalue weighted by Crippen LogP contribution is 2.26. The third-order valence-corrected chi connectivity index (χ3v) is 8.55. The number of piperidine rings is 2. The van der Waals surface area contributed by atoms with Gasteiger partial charge in [-0.25, -0.2) is 12.7 Å². The van der Waals surface area contributed by atoms with Gasteiger partial charge < -0.3 is 10.2 Å². The molecular formula is C24H37N3O4S. The number of aryl methyl sites for hydroxylation is 1. The molecule has 2 amide bonds. The van der Waals surface area contributed by atoms with Crippen molar-refractivity contribution >= 4 is 27.5 Å². The smallest absolute Gasteiger partial charge is 0.253 e. The Balaban J connectivity index is 1.70. The lowest BCUT2D eigenvalue weighted by Crippen LogP contribution is -2.44. The second kappa shape index (κ2) is 10.3. The summed E-state index contributed by atoms with van der Waals surface area (Å²) < 4.78 is 26.3. The van der Waals surface area contributed by atoms with Crippen molar-refractivity contribution < 1.29 is 18.0 Å². The molecule has 1 N–H and O–H groups in total. The van der Waals surface area contributed by atoms with Crippen LogP contribution in [0.5, 0.6) is 0 Å². The SMILES string of the molecule is CCCS(=O)(=O)N1CCCC(C(=O)Nc2cc(C(=O)N3CC(C)CC(C)C3)ccc2C)C1. The lowest BCUT2D eigenvalue weighted by molar-refractivity contribution is -0.120. The molecule has 8 heteroatoms. The zero-order valence-corrected chi connectivity index (χ0v) is 20.6. The van der Waals surface area contributed by atoms with Crippen molar-refractivity contribution in [2.45, 2.75) is 53.4 Å². The molecule has 2 aliphatic heterocycles. The molecular weight excluding hydrogens is 426 g/mol. The summed E-state index contributed by atoms with van der Waals surface area (Å²) in [5.74, 6) is 0.481. The second-order valence-electron chi connectivity index (χ2n) is 9.69. The first-order valence-corrected chi connectivity index (χ1v) is 13.4. The Labute approximate surface area is 192 Å². The quantitative estimate of drug-likeness (QED) is 0.699. The minimum atomic E-state index is -3.32. The summed E-state index contributed by atoms with van der Waals surface area (Å²) >= 11 is 0. The number of anilines is 1. The standard InChI is InChI=1S/C24H37N3O4S/c1-5-11-32(30,31)27-10-6-7-21(16-27)23(28)25-22-13-20(9-8-19(22)4)24(29)26-14-17(2)12-18(3)15-26/h8-9,13,17-18,21H,5-7,10-12,14-16H2,1-4H3,(H,25,28). The van der Waals surface area contributed by atoms with Crippen LogP contribution in [0, 0.1) is 24.7 Å². The van der Waals surface area contributed by atoms with Crippen molar-refractivity contribution in [1.82, 2.24) is 9.21 Å². The Kier molecular flexibility index (Phi) is 7.98. The Morgan fingerprint density at radius 3 is 2.47 bits per heavy atom. The summed E-state index contributed by atoms with van der Waals surface area (Å²) in [4.78, 5) is 28.0. The fraction of sp³-hybridized carbons (Fsp3) is 0.667.